The van der Waals surface area contributed by atoms with Crippen LogP contribution in [0.25, 0.3) is 0 Å². The van der Waals surface area contributed by atoms with Crippen molar-refractivity contribution >= 4 is 5.97 Å². The zero-order valence-electron chi connectivity index (χ0n) is 10.1. The van der Waals surface area contributed by atoms with Crippen molar-refractivity contribution in [3.05, 3.63) is 0 Å². The molecule has 0 spiro atoms. The van der Waals surface area contributed by atoms with Crippen LogP contribution in [0.5, 0.6) is 0 Å². The van der Waals surface area contributed by atoms with Gasteiger partial charge in [-0.25, -0.2) is 0 Å². The second-order valence-corrected chi connectivity index (χ2v) is 5.28. The lowest BCUT2D eigenvalue weighted by Crippen LogP contribution is -2.33. The standard InChI is InChI=1S/C12H23NO2/c1-4-13(9-10-5-6-10)8-7-12(2,3)11(14)15/h10H,4-9H2,1-3H3,(H,14,15). The Kier molecular flexibility index (Phi) is 4.14. The number of carboxylic acid groups (broad SMARTS) is 1. The summed E-state index contributed by atoms with van der Waals surface area (Å²) < 4.78 is 0. The fourth-order valence-corrected chi connectivity index (χ4v) is 1.59. The third-order valence-corrected chi connectivity index (χ3v) is 3.29. The summed E-state index contributed by atoms with van der Waals surface area (Å²) in [5.41, 5.74) is -0.586. The van der Waals surface area contributed by atoms with Gasteiger partial charge in [0.2, 0.25) is 0 Å². The molecular weight excluding hydrogens is 190 g/mol. The first-order chi connectivity index (χ1) is 6.95. The number of carbonyl (C=O) groups is 1. The molecule has 0 atom stereocenters. The first-order valence-corrected chi connectivity index (χ1v) is 5.91. The lowest BCUT2D eigenvalue weighted by Gasteiger charge is -2.25. The second kappa shape index (κ2) is 4.97. The third kappa shape index (κ3) is 4.20. The first-order valence-electron chi connectivity index (χ1n) is 5.91. The van der Waals surface area contributed by atoms with E-state index < -0.39 is 11.4 Å². The molecule has 0 saturated heterocycles. The van der Waals surface area contributed by atoms with Gasteiger partial charge in [0.1, 0.15) is 0 Å². The maximum Gasteiger partial charge on any atom is 0.309 e. The van der Waals surface area contributed by atoms with E-state index in [-0.39, 0.29) is 0 Å². The van der Waals surface area contributed by atoms with Gasteiger partial charge < -0.3 is 10.0 Å². The Labute approximate surface area is 92.5 Å². The molecule has 1 N–H and O–H groups in total. The minimum atomic E-state index is -0.690. The number of hydrogen-bond acceptors (Lipinski definition) is 2. The van der Waals surface area contributed by atoms with Gasteiger partial charge in [0, 0.05) is 6.54 Å². The lowest BCUT2D eigenvalue weighted by atomic mass is 9.89. The molecule has 0 bridgehead atoms. The van der Waals surface area contributed by atoms with E-state index >= 15 is 0 Å². The monoisotopic (exact) mass is 213 g/mol. The van der Waals surface area contributed by atoms with E-state index in [4.69, 9.17) is 5.11 Å². The molecule has 0 aromatic rings. The Hall–Kier alpha value is -0.570. The lowest BCUT2D eigenvalue weighted by molar-refractivity contribution is -0.147. The molecule has 0 unspecified atom stereocenters. The van der Waals surface area contributed by atoms with Gasteiger partial charge in [-0.15, -0.1) is 0 Å². The Morgan fingerprint density at radius 2 is 2.07 bits per heavy atom. The summed E-state index contributed by atoms with van der Waals surface area (Å²) in [4.78, 5) is 13.3. The van der Waals surface area contributed by atoms with Gasteiger partial charge in [0.25, 0.3) is 0 Å². The molecule has 1 rings (SSSR count). The minimum absolute atomic E-state index is 0.586. The Bertz CT molecular complexity index is 222. The molecule has 1 saturated carbocycles. The third-order valence-electron chi connectivity index (χ3n) is 3.29. The smallest absolute Gasteiger partial charge is 0.309 e. The van der Waals surface area contributed by atoms with Crippen LogP contribution in [0.1, 0.15) is 40.0 Å². The fourth-order valence-electron chi connectivity index (χ4n) is 1.59. The van der Waals surface area contributed by atoms with Crippen LogP contribution >= 0.6 is 0 Å². The van der Waals surface area contributed by atoms with Crippen LogP contribution < -0.4 is 0 Å². The SMILES string of the molecule is CCN(CCC(C)(C)C(=O)O)CC1CC1. The van der Waals surface area contributed by atoms with Crippen molar-refractivity contribution in [2.75, 3.05) is 19.6 Å². The van der Waals surface area contributed by atoms with Gasteiger partial charge in [0.15, 0.2) is 0 Å². The van der Waals surface area contributed by atoms with Crippen molar-refractivity contribution in [2.24, 2.45) is 11.3 Å². The van der Waals surface area contributed by atoms with Gasteiger partial charge in [-0.1, -0.05) is 6.92 Å². The summed E-state index contributed by atoms with van der Waals surface area (Å²) in [5.74, 6) is 0.197. The minimum Gasteiger partial charge on any atom is -0.481 e. The normalized spacial score (nSPS) is 17.1. The van der Waals surface area contributed by atoms with Crippen LogP contribution in [0.4, 0.5) is 0 Å². The van der Waals surface area contributed by atoms with Crippen molar-refractivity contribution < 1.29 is 9.90 Å². The zero-order valence-corrected chi connectivity index (χ0v) is 10.1. The van der Waals surface area contributed by atoms with E-state index in [2.05, 4.69) is 11.8 Å². The first kappa shape index (κ1) is 12.5. The number of nitrogens with zero attached hydrogens (tertiary/aromatic N) is 1. The average Bonchev–Trinajstić information content (AvgIpc) is 2.95. The molecule has 1 aliphatic rings. The molecule has 1 fully saturated rings. The molecule has 0 aromatic heterocycles. The van der Waals surface area contributed by atoms with Gasteiger partial charge in [-0.3, -0.25) is 4.79 Å². The predicted octanol–water partition coefficient (Wildman–Crippen LogP) is 2.22. The van der Waals surface area contributed by atoms with E-state index in [1.165, 1.54) is 12.8 Å². The average molecular weight is 213 g/mol. The Morgan fingerprint density at radius 3 is 2.47 bits per heavy atom. The molecule has 0 radical (unpaired) electrons. The summed E-state index contributed by atoms with van der Waals surface area (Å²) in [6, 6.07) is 0. The van der Waals surface area contributed by atoms with Crippen LogP contribution in [0, 0.1) is 11.3 Å². The molecule has 1 aliphatic carbocycles. The van der Waals surface area contributed by atoms with Gasteiger partial charge >= 0.3 is 5.97 Å². The van der Waals surface area contributed by atoms with Gasteiger partial charge in [0.05, 0.1) is 5.41 Å². The quantitative estimate of drug-likeness (QED) is 0.705. The van der Waals surface area contributed by atoms with Crippen LogP contribution in [0.15, 0.2) is 0 Å². The summed E-state index contributed by atoms with van der Waals surface area (Å²) in [5, 5.41) is 9.00. The summed E-state index contributed by atoms with van der Waals surface area (Å²) in [6.45, 7) is 8.86. The van der Waals surface area contributed by atoms with E-state index in [1.54, 1.807) is 13.8 Å². The molecule has 3 heteroatoms. The molecule has 88 valence electrons. The van der Waals surface area contributed by atoms with Gasteiger partial charge in [-0.05, 0) is 52.1 Å². The molecular formula is C12H23NO2. The van der Waals surface area contributed by atoms with Gasteiger partial charge in [-0.2, -0.15) is 0 Å². The fraction of sp³-hybridized carbons (Fsp3) is 0.917. The molecule has 0 aromatic carbocycles. The van der Waals surface area contributed by atoms with Crippen LogP contribution in [0.2, 0.25) is 0 Å². The molecule has 3 nitrogen and oxygen atoms in total. The predicted molar refractivity (Wildman–Crippen MR) is 60.9 cm³/mol. The van der Waals surface area contributed by atoms with Crippen molar-refractivity contribution in [1.29, 1.82) is 0 Å². The van der Waals surface area contributed by atoms with Crippen molar-refractivity contribution in [2.45, 2.75) is 40.0 Å². The maximum atomic E-state index is 10.9. The largest absolute Gasteiger partial charge is 0.481 e. The second-order valence-electron chi connectivity index (χ2n) is 5.28. The highest BCUT2D eigenvalue weighted by atomic mass is 16.4. The van der Waals surface area contributed by atoms with Crippen molar-refractivity contribution in [1.82, 2.24) is 4.90 Å². The van der Waals surface area contributed by atoms with Crippen molar-refractivity contribution in [3.8, 4) is 0 Å². The van der Waals surface area contributed by atoms with Crippen LogP contribution in [0.3, 0.4) is 0 Å². The highest BCUT2D eigenvalue weighted by Gasteiger charge is 2.29. The molecule has 0 heterocycles. The zero-order chi connectivity index (χ0) is 11.5. The van der Waals surface area contributed by atoms with Crippen LogP contribution in [-0.2, 0) is 4.79 Å². The number of aliphatic carboxylic acids is 1. The summed E-state index contributed by atoms with van der Waals surface area (Å²) in [6.07, 6.45) is 3.46. The molecule has 0 aliphatic heterocycles. The maximum absolute atomic E-state index is 10.9. The number of carboxylic acids is 1. The summed E-state index contributed by atoms with van der Waals surface area (Å²) in [7, 11) is 0. The topological polar surface area (TPSA) is 40.5 Å². The van der Waals surface area contributed by atoms with E-state index in [1.807, 2.05) is 0 Å². The molecule has 15 heavy (non-hydrogen) atoms. The Morgan fingerprint density at radius 1 is 1.47 bits per heavy atom. The van der Waals surface area contributed by atoms with E-state index in [0.717, 1.165) is 32.0 Å². The highest BCUT2D eigenvalue weighted by molar-refractivity contribution is 5.73. The number of rotatable bonds is 7. The summed E-state index contributed by atoms with van der Waals surface area (Å²) >= 11 is 0. The van der Waals surface area contributed by atoms with E-state index in [9.17, 15) is 4.79 Å². The number of hydrogen-bond donors (Lipinski definition) is 1. The molecule has 0 amide bonds. The van der Waals surface area contributed by atoms with Crippen molar-refractivity contribution in [3.63, 3.8) is 0 Å². The van der Waals surface area contributed by atoms with E-state index in [0.29, 0.717) is 0 Å². The highest BCUT2D eigenvalue weighted by Crippen LogP contribution is 2.30. The van der Waals surface area contributed by atoms with Crippen LogP contribution in [-0.4, -0.2) is 35.6 Å². The Balaban J connectivity index is 2.28.